The third-order valence-corrected chi connectivity index (χ3v) is 5.67. The van der Waals surface area contributed by atoms with E-state index in [1.54, 1.807) is 11.6 Å². The highest BCUT2D eigenvalue weighted by atomic mass is 35.5. The van der Waals surface area contributed by atoms with E-state index in [0.717, 1.165) is 15.9 Å². The molecule has 0 bridgehead atoms. The molecule has 2 aromatic carbocycles. The Morgan fingerprint density at radius 1 is 1.06 bits per heavy atom. The molecule has 0 unspecified atom stereocenters. The van der Waals surface area contributed by atoms with Gasteiger partial charge >= 0.3 is 0 Å². The van der Waals surface area contributed by atoms with Crippen molar-refractivity contribution in [1.29, 1.82) is 0 Å². The fraction of sp³-hybridized carbons (Fsp3) is 0.227. The van der Waals surface area contributed by atoms with E-state index in [0.29, 0.717) is 29.3 Å². The van der Waals surface area contributed by atoms with Gasteiger partial charge in [-0.15, -0.1) is 5.10 Å². The SMILES string of the molecule is Cc1nn(C)c(=O)c(-c2c(F)ccc(Cl)c2CCc2ccc(-n3nnnc3C)cc2)c1O. The van der Waals surface area contributed by atoms with Crippen LogP contribution in [0, 0.1) is 19.7 Å². The molecule has 10 heteroatoms. The van der Waals surface area contributed by atoms with Crippen LogP contribution in [0.2, 0.25) is 5.02 Å². The lowest BCUT2D eigenvalue weighted by molar-refractivity contribution is 0.460. The average Bonchev–Trinajstić information content (AvgIpc) is 3.20. The fourth-order valence-corrected chi connectivity index (χ4v) is 3.89. The van der Waals surface area contributed by atoms with Crippen molar-refractivity contribution in [3.05, 3.63) is 80.2 Å². The van der Waals surface area contributed by atoms with Crippen molar-refractivity contribution in [2.24, 2.45) is 7.05 Å². The Morgan fingerprint density at radius 3 is 2.44 bits per heavy atom. The first-order chi connectivity index (χ1) is 15.3. The minimum Gasteiger partial charge on any atom is -0.505 e. The summed E-state index contributed by atoms with van der Waals surface area (Å²) in [5.41, 5.74) is 1.74. The fourth-order valence-electron chi connectivity index (χ4n) is 3.64. The first-order valence-corrected chi connectivity index (χ1v) is 10.2. The first kappa shape index (κ1) is 21.6. The molecule has 0 aliphatic rings. The minimum absolute atomic E-state index is 0.00188. The van der Waals surface area contributed by atoms with Gasteiger partial charge in [0.2, 0.25) is 0 Å². The zero-order chi connectivity index (χ0) is 23.0. The van der Waals surface area contributed by atoms with Crippen molar-refractivity contribution in [3.8, 4) is 22.6 Å². The molecule has 8 nitrogen and oxygen atoms in total. The van der Waals surface area contributed by atoms with Crippen LogP contribution < -0.4 is 5.56 Å². The normalized spacial score (nSPS) is 11.2. The predicted octanol–water partition coefficient (Wildman–Crippen LogP) is 3.32. The van der Waals surface area contributed by atoms with E-state index in [2.05, 4.69) is 20.6 Å². The van der Waals surface area contributed by atoms with Crippen molar-refractivity contribution in [3.63, 3.8) is 0 Å². The summed E-state index contributed by atoms with van der Waals surface area (Å²) in [6, 6.07) is 10.3. The van der Waals surface area contributed by atoms with Gasteiger partial charge in [0.1, 0.15) is 11.5 Å². The topological polar surface area (TPSA) is 98.7 Å². The molecule has 0 amide bonds. The lowest BCUT2D eigenvalue weighted by Crippen LogP contribution is -2.23. The Balaban J connectivity index is 1.70. The summed E-state index contributed by atoms with van der Waals surface area (Å²) in [4.78, 5) is 12.7. The lowest BCUT2D eigenvalue weighted by Gasteiger charge is -2.15. The van der Waals surface area contributed by atoms with Crippen LogP contribution in [0.4, 0.5) is 4.39 Å². The second-order valence-corrected chi connectivity index (χ2v) is 7.83. The van der Waals surface area contributed by atoms with Gasteiger partial charge in [-0.25, -0.2) is 9.07 Å². The van der Waals surface area contributed by atoms with Crippen LogP contribution in [0.1, 0.15) is 22.6 Å². The largest absolute Gasteiger partial charge is 0.505 e. The van der Waals surface area contributed by atoms with Crippen LogP contribution in [0.3, 0.4) is 0 Å². The molecule has 0 spiro atoms. The van der Waals surface area contributed by atoms with Gasteiger partial charge in [0.15, 0.2) is 11.6 Å². The van der Waals surface area contributed by atoms with Gasteiger partial charge in [0.25, 0.3) is 5.56 Å². The number of aromatic hydroxyl groups is 1. The highest BCUT2D eigenvalue weighted by molar-refractivity contribution is 6.31. The van der Waals surface area contributed by atoms with E-state index in [1.807, 2.05) is 31.2 Å². The highest BCUT2D eigenvalue weighted by Gasteiger charge is 2.23. The van der Waals surface area contributed by atoms with Crippen LogP contribution >= 0.6 is 11.6 Å². The van der Waals surface area contributed by atoms with Crippen LogP contribution in [-0.2, 0) is 19.9 Å². The third-order valence-electron chi connectivity index (χ3n) is 5.31. The van der Waals surface area contributed by atoms with Crippen LogP contribution in [0.25, 0.3) is 16.8 Å². The predicted molar refractivity (Wildman–Crippen MR) is 118 cm³/mol. The van der Waals surface area contributed by atoms with Crippen molar-refractivity contribution >= 4 is 11.6 Å². The summed E-state index contributed by atoms with van der Waals surface area (Å²) in [5, 5.41) is 26.2. The number of tetrazole rings is 1. The number of benzene rings is 2. The summed E-state index contributed by atoms with van der Waals surface area (Å²) in [7, 11) is 1.45. The highest BCUT2D eigenvalue weighted by Crippen LogP contribution is 2.36. The van der Waals surface area contributed by atoms with Gasteiger partial charge < -0.3 is 5.11 Å². The molecule has 0 aliphatic heterocycles. The third kappa shape index (κ3) is 3.87. The van der Waals surface area contributed by atoms with Crippen molar-refractivity contribution in [2.75, 3.05) is 0 Å². The molecule has 0 aliphatic carbocycles. The molecule has 4 rings (SSSR count). The van der Waals surface area contributed by atoms with E-state index in [1.165, 1.54) is 19.2 Å². The number of aryl methyl sites for hydroxylation is 4. The summed E-state index contributed by atoms with van der Waals surface area (Å²) in [5.74, 6) is -0.313. The number of nitrogens with zero attached hydrogens (tertiary/aromatic N) is 6. The molecule has 0 saturated heterocycles. The maximum atomic E-state index is 15.0. The number of rotatable bonds is 5. The molecule has 0 radical (unpaired) electrons. The summed E-state index contributed by atoms with van der Waals surface area (Å²) >= 11 is 6.41. The van der Waals surface area contributed by atoms with Crippen LogP contribution in [0.15, 0.2) is 41.2 Å². The standard InChI is InChI=1S/C22H20ClFN6O2/c1-12-21(31)20(22(32)29(3)26-12)19-16(17(23)10-11-18(19)24)9-6-14-4-7-15(8-5-14)30-13(2)25-27-28-30/h4-5,7-8,10-11,31H,6,9H2,1-3H3. The molecule has 32 heavy (non-hydrogen) atoms. The number of halogens is 2. The molecular weight excluding hydrogens is 435 g/mol. The van der Waals surface area contributed by atoms with Crippen LogP contribution in [-0.4, -0.2) is 35.1 Å². The molecular formula is C22H20ClFN6O2. The van der Waals surface area contributed by atoms with E-state index in [-0.39, 0.29) is 22.6 Å². The number of hydrogen-bond donors (Lipinski definition) is 1. The quantitative estimate of drug-likeness (QED) is 0.496. The molecule has 164 valence electrons. The Labute approximate surface area is 187 Å². The van der Waals surface area contributed by atoms with E-state index in [9.17, 15) is 14.3 Å². The maximum Gasteiger partial charge on any atom is 0.278 e. The van der Waals surface area contributed by atoms with E-state index >= 15 is 0 Å². The van der Waals surface area contributed by atoms with Gasteiger partial charge in [-0.05, 0) is 72.5 Å². The first-order valence-electron chi connectivity index (χ1n) is 9.86. The Kier molecular flexibility index (Phi) is 5.75. The monoisotopic (exact) mass is 454 g/mol. The van der Waals surface area contributed by atoms with Gasteiger partial charge in [-0.2, -0.15) is 9.78 Å². The zero-order valence-electron chi connectivity index (χ0n) is 17.7. The molecule has 0 atom stereocenters. The lowest BCUT2D eigenvalue weighted by atomic mass is 9.94. The Hall–Kier alpha value is -3.59. The number of hydrogen-bond acceptors (Lipinski definition) is 6. The van der Waals surface area contributed by atoms with Gasteiger partial charge in [0.05, 0.1) is 11.3 Å². The number of aromatic nitrogens is 6. The van der Waals surface area contributed by atoms with E-state index < -0.39 is 11.4 Å². The smallest absolute Gasteiger partial charge is 0.278 e. The van der Waals surface area contributed by atoms with Crippen LogP contribution in [0.5, 0.6) is 5.75 Å². The summed E-state index contributed by atoms with van der Waals surface area (Å²) < 4.78 is 17.7. The maximum absolute atomic E-state index is 15.0. The minimum atomic E-state index is -0.632. The van der Waals surface area contributed by atoms with Gasteiger partial charge in [-0.3, -0.25) is 4.79 Å². The average molecular weight is 455 g/mol. The Bertz CT molecular complexity index is 1360. The van der Waals surface area contributed by atoms with Crippen molar-refractivity contribution < 1.29 is 9.50 Å². The molecule has 2 aromatic heterocycles. The Morgan fingerprint density at radius 2 is 1.78 bits per heavy atom. The van der Waals surface area contributed by atoms with E-state index in [4.69, 9.17) is 11.6 Å². The second-order valence-electron chi connectivity index (χ2n) is 7.42. The summed E-state index contributed by atoms with van der Waals surface area (Å²) in [6.07, 6.45) is 0.898. The molecule has 4 aromatic rings. The van der Waals surface area contributed by atoms with Gasteiger partial charge in [0, 0.05) is 17.6 Å². The second kappa shape index (κ2) is 8.51. The molecule has 2 heterocycles. The van der Waals surface area contributed by atoms with Crippen molar-refractivity contribution in [1.82, 2.24) is 30.0 Å². The summed E-state index contributed by atoms with van der Waals surface area (Å²) in [6.45, 7) is 3.36. The van der Waals surface area contributed by atoms with Gasteiger partial charge in [-0.1, -0.05) is 23.7 Å². The zero-order valence-corrected chi connectivity index (χ0v) is 18.4. The van der Waals surface area contributed by atoms with Crippen molar-refractivity contribution in [2.45, 2.75) is 26.7 Å². The molecule has 0 saturated carbocycles. The molecule has 0 fully saturated rings. The molecule has 1 N–H and O–H groups in total.